The number of carboxylic acid groups (broad SMARTS) is 1. The number of carboxylic acids is 1. The van der Waals surface area contributed by atoms with Crippen molar-refractivity contribution in [1.29, 1.82) is 0 Å². The number of aliphatic hydroxyl groups excluding tert-OH is 1. The first-order chi connectivity index (χ1) is 21.4. The van der Waals surface area contributed by atoms with Crippen LogP contribution in [-0.4, -0.2) is 86.9 Å². The Morgan fingerprint density at radius 1 is 1.15 bits per heavy atom. The Morgan fingerprint density at radius 2 is 1.80 bits per heavy atom. The number of carbonyl (C=O) groups excluding carboxylic acids is 2. The molecule has 0 spiro atoms. The molecule has 2 fully saturated rings. The first-order valence-electron chi connectivity index (χ1n) is 14.4. The monoisotopic (exact) mass is 663 g/mol. The van der Waals surface area contributed by atoms with Crippen LogP contribution in [0.25, 0.3) is 22.6 Å². The third kappa shape index (κ3) is 6.92. The van der Waals surface area contributed by atoms with Crippen LogP contribution in [0.4, 0.5) is 13.2 Å². The van der Waals surface area contributed by atoms with Gasteiger partial charge in [0.25, 0.3) is 11.8 Å². The highest BCUT2D eigenvalue weighted by Crippen LogP contribution is 2.41. The third-order valence-electron chi connectivity index (χ3n) is 8.32. The molecule has 2 saturated carbocycles. The van der Waals surface area contributed by atoms with Crippen molar-refractivity contribution in [3.05, 3.63) is 53.0 Å². The van der Waals surface area contributed by atoms with E-state index in [0.29, 0.717) is 53.6 Å². The van der Waals surface area contributed by atoms with Gasteiger partial charge in [0, 0.05) is 36.8 Å². The molecule has 1 aliphatic heterocycles. The molecule has 3 aromatic rings. The number of pyridine rings is 1. The molecule has 2 amide bonds. The Labute approximate surface area is 262 Å². The first-order valence-corrected chi connectivity index (χ1v) is 16.3. The quantitative estimate of drug-likeness (QED) is 0.294. The highest BCUT2D eigenvalue weighted by atomic mass is 32.2. The molecule has 6 rings (SSSR count). The van der Waals surface area contributed by atoms with Crippen molar-refractivity contribution in [1.82, 2.24) is 25.2 Å². The number of aliphatic carboxylic acids is 1. The number of alkyl halides is 3. The van der Waals surface area contributed by atoms with E-state index in [1.807, 2.05) is 13.0 Å². The van der Waals surface area contributed by atoms with Crippen LogP contribution in [0.15, 0.2) is 35.4 Å². The highest BCUT2D eigenvalue weighted by Gasteiger charge is 2.41. The maximum atomic E-state index is 13.3. The lowest BCUT2D eigenvalue weighted by atomic mass is 9.89. The number of halogens is 3. The van der Waals surface area contributed by atoms with Gasteiger partial charge >= 0.3 is 12.1 Å². The summed E-state index contributed by atoms with van der Waals surface area (Å²) in [5.74, 6) is -2.41. The smallest absolute Gasteiger partial charge is 0.475 e. The number of hydrogen-bond acceptors (Lipinski definition) is 8. The zero-order valence-corrected chi connectivity index (χ0v) is 25.9. The Balaban J connectivity index is 0.000000537. The van der Waals surface area contributed by atoms with Crippen LogP contribution in [-0.2, 0) is 21.2 Å². The van der Waals surface area contributed by atoms with E-state index in [2.05, 4.69) is 20.3 Å². The normalized spacial score (nSPS) is 19.9. The second kappa shape index (κ2) is 12.1. The second-order valence-electron chi connectivity index (χ2n) is 11.9. The summed E-state index contributed by atoms with van der Waals surface area (Å²) in [5.41, 5.74) is 3.72. The van der Waals surface area contributed by atoms with Gasteiger partial charge in [-0.2, -0.15) is 13.2 Å². The number of imidazole rings is 1. The number of fused-ring (bicyclic) bond motifs is 1. The van der Waals surface area contributed by atoms with Crippen LogP contribution < -0.4 is 5.32 Å². The van der Waals surface area contributed by atoms with Gasteiger partial charge in [-0.1, -0.05) is 0 Å². The van der Waals surface area contributed by atoms with E-state index in [-0.39, 0.29) is 46.2 Å². The minimum atomic E-state index is -5.08. The number of aromatic nitrogens is 3. The van der Waals surface area contributed by atoms with Gasteiger partial charge < -0.3 is 25.4 Å². The number of aromatic amines is 1. The molecule has 16 heteroatoms. The zero-order chi connectivity index (χ0) is 33.7. The number of nitrogens with one attached hydrogen (secondary N) is 2. The van der Waals surface area contributed by atoms with Gasteiger partial charge in [-0.3, -0.25) is 14.6 Å². The van der Waals surface area contributed by atoms with E-state index in [9.17, 15) is 36.3 Å². The minimum Gasteiger partial charge on any atom is -0.475 e. The SMILES string of the molecule is Cc1[nH]c(-c2cc(-c3cc4c(c(S(C)(=O)=O)c3)C(=O)N([C@@H](C)C3CC3)C4)ccn2)nc1C(=O)NC1CC(O)C1.O=C(O)C(F)(F)F. The molecule has 0 saturated heterocycles. The number of nitrogens with zero attached hydrogens (tertiary/aromatic N) is 3. The van der Waals surface area contributed by atoms with E-state index in [0.717, 1.165) is 24.7 Å². The standard InChI is InChI=1S/C28H31N5O5S.C2HF3O2/c1-14-25(27(35)31-20-11-21(34)12-20)32-26(30-14)22-9-17(6-7-29-22)18-8-19-13-33(15(2)16-4-5-16)28(36)24(19)23(10-18)39(3,37)38;3-2(4,5)1(6)7/h6-10,15-16,20-21,34H,4-5,11-13H2,1-3H3,(H,30,32)(H,31,35);(H,6,7)/t15-,20?,21?;/m0./s1. The number of rotatable bonds is 7. The van der Waals surface area contributed by atoms with Crippen LogP contribution in [0.5, 0.6) is 0 Å². The minimum absolute atomic E-state index is 0.0396. The molecule has 12 nitrogen and oxygen atoms in total. The van der Waals surface area contributed by atoms with Gasteiger partial charge in [0.15, 0.2) is 15.7 Å². The molecule has 3 aliphatic rings. The lowest BCUT2D eigenvalue weighted by Crippen LogP contribution is -2.46. The summed E-state index contributed by atoms with van der Waals surface area (Å²) < 4.78 is 57.4. The number of aryl methyl sites for hydroxylation is 1. The largest absolute Gasteiger partial charge is 0.490 e. The number of benzene rings is 1. The molecule has 1 atom stereocenters. The Hall–Kier alpha value is -4.31. The summed E-state index contributed by atoms with van der Waals surface area (Å²) in [4.78, 5) is 48.8. The number of carbonyl (C=O) groups is 3. The van der Waals surface area contributed by atoms with Crippen LogP contribution in [0.2, 0.25) is 0 Å². The topological polar surface area (TPSA) is 183 Å². The molecule has 4 N–H and O–H groups in total. The summed E-state index contributed by atoms with van der Waals surface area (Å²) in [5, 5.41) is 19.5. The van der Waals surface area contributed by atoms with Crippen LogP contribution in [0, 0.1) is 12.8 Å². The van der Waals surface area contributed by atoms with Crippen molar-refractivity contribution in [2.45, 2.75) is 75.3 Å². The van der Waals surface area contributed by atoms with Crippen molar-refractivity contribution < 1.29 is 46.2 Å². The average molecular weight is 664 g/mol. The maximum Gasteiger partial charge on any atom is 0.490 e. The molecule has 3 heterocycles. The first kappa shape index (κ1) is 33.1. The van der Waals surface area contributed by atoms with Gasteiger partial charge in [-0.15, -0.1) is 0 Å². The van der Waals surface area contributed by atoms with E-state index in [1.54, 1.807) is 36.2 Å². The number of hydrogen-bond donors (Lipinski definition) is 4. The Morgan fingerprint density at radius 3 is 2.37 bits per heavy atom. The van der Waals surface area contributed by atoms with Crippen molar-refractivity contribution in [2.24, 2.45) is 5.92 Å². The van der Waals surface area contributed by atoms with Crippen molar-refractivity contribution in [3.8, 4) is 22.6 Å². The predicted octanol–water partition coefficient (Wildman–Crippen LogP) is 3.49. The van der Waals surface area contributed by atoms with Gasteiger partial charge in [-0.05, 0) is 86.4 Å². The zero-order valence-electron chi connectivity index (χ0n) is 25.1. The van der Waals surface area contributed by atoms with Crippen LogP contribution in [0.1, 0.15) is 64.7 Å². The van der Waals surface area contributed by atoms with Crippen LogP contribution in [0.3, 0.4) is 0 Å². The van der Waals surface area contributed by atoms with Gasteiger partial charge in [-0.25, -0.2) is 18.2 Å². The molecule has 46 heavy (non-hydrogen) atoms. The molecule has 246 valence electrons. The summed E-state index contributed by atoms with van der Waals surface area (Å²) in [7, 11) is -3.67. The molecular formula is C30H32F3N5O7S. The van der Waals surface area contributed by atoms with E-state index < -0.39 is 22.0 Å². The lowest BCUT2D eigenvalue weighted by molar-refractivity contribution is -0.192. The molecule has 1 aromatic carbocycles. The van der Waals surface area contributed by atoms with Gasteiger partial charge in [0.1, 0.15) is 11.4 Å². The Kier molecular flexibility index (Phi) is 8.72. The number of aliphatic hydroxyl groups is 1. The number of H-pyrrole nitrogens is 1. The van der Waals surface area contributed by atoms with Gasteiger partial charge in [0.2, 0.25) is 0 Å². The number of sulfone groups is 1. The third-order valence-corrected chi connectivity index (χ3v) is 9.44. The molecule has 2 aromatic heterocycles. The molecule has 2 aliphatic carbocycles. The number of amides is 2. The summed E-state index contributed by atoms with van der Waals surface area (Å²) in [6.07, 6.45) is 0.527. The van der Waals surface area contributed by atoms with Gasteiger partial charge in [0.05, 0.1) is 16.6 Å². The molecule has 0 radical (unpaired) electrons. The van der Waals surface area contributed by atoms with Crippen molar-refractivity contribution in [2.75, 3.05) is 6.26 Å². The van der Waals surface area contributed by atoms with E-state index in [1.165, 1.54) is 0 Å². The van der Waals surface area contributed by atoms with E-state index >= 15 is 0 Å². The molecule has 0 bridgehead atoms. The highest BCUT2D eigenvalue weighted by molar-refractivity contribution is 7.90. The lowest BCUT2D eigenvalue weighted by Gasteiger charge is -2.31. The maximum absolute atomic E-state index is 13.3. The fourth-order valence-electron chi connectivity index (χ4n) is 5.56. The Bertz CT molecular complexity index is 1820. The second-order valence-corrected chi connectivity index (χ2v) is 13.9. The molecule has 0 unspecified atom stereocenters. The summed E-state index contributed by atoms with van der Waals surface area (Å²) in [6.45, 7) is 4.18. The molecular weight excluding hydrogens is 631 g/mol. The van der Waals surface area contributed by atoms with Crippen molar-refractivity contribution >= 4 is 27.6 Å². The van der Waals surface area contributed by atoms with Crippen molar-refractivity contribution in [3.63, 3.8) is 0 Å². The average Bonchev–Trinajstić information content (AvgIpc) is 3.66. The predicted molar refractivity (Wildman–Crippen MR) is 157 cm³/mol. The fraction of sp³-hybridized carbons (Fsp3) is 0.433. The summed E-state index contributed by atoms with van der Waals surface area (Å²) in [6, 6.07) is 7.03. The van der Waals surface area contributed by atoms with E-state index in [4.69, 9.17) is 9.90 Å². The fourth-order valence-corrected chi connectivity index (χ4v) is 6.49. The summed E-state index contributed by atoms with van der Waals surface area (Å²) >= 11 is 0. The van der Waals surface area contributed by atoms with Crippen LogP contribution >= 0.6 is 0 Å².